The van der Waals surface area contributed by atoms with Crippen LogP contribution in [0.2, 0.25) is 0 Å². The van der Waals surface area contributed by atoms with E-state index < -0.39 is 19.0 Å². The molecule has 2 atom stereocenters. The van der Waals surface area contributed by atoms with Gasteiger partial charge in [-0.1, -0.05) is 0 Å². The number of aliphatic hydroxyl groups excluding tert-OH is 3. The summed E-state index contributed by atoms with van der Waals surface area (Å²) in [4.78, 5) is 0. The second-order valence-corrected chi connectivity index (χ2v) is 1.38. The standard InChI is InChI=1S/C4H10O4/c1-8-4(7)3(6)2-5/h3-7H,2H2,1H3/t3?,4-/m1/s1. The lowest BCUT2D eigenvalue weighted by Crippen LogP contribution is -2.30. The van der Waals surface area contributed by atoms with Crippen LogP contribution in [0.1, 0.15) is 0 Å². The maximum absolute atomic E-state index is 8.50. The Morgan fingerprint density at radius 2 is 2.00 bits per heavy atom. The Balaban J connectivity index is 3.29. The van der Waals surface area contributed by atoms with Crippen molar-refractivity contribution in [2.75, 3.05) is 13.7 Å². The molecular formula is C4H10O4. The molecule has 0 aliphatic heterocycles. The Morgan fingerprint density at radius 1 is 1.50 bits per heavy atom. The minimum absolute atomic E-state index is 0.491. The van der Waals surface area contributed by atoms with Crippen LogP contribution in [0.25, 0.3) is 0 Å². The van der Waals surface area contributed by atoms with Crippen LogP contribution in [0.4, 0.5) is 0 Å². The van der Waals surface area contributed by atoms with Gasteiger partial charge in [-0.3, -0.25) is 0 Å². The van der Waals surface area contributed by atoms with E-state index in [1.165, 1.54) is 7.11 Å². The largest absolute Gasteiger partial charge is 0.393 e. The highest BCUT2D eigenvalue weighted by Crippen LogP contribution is 1.90. The zero-order valence-corrected chi connectivity index (χ0v) is 4.61. The molecular weight excluding hydrogens is 112 g/mol. The van der Waals surface area contributed by atoms with Crippen molar-refractivity contribution in [3.8, 4) is 0 Å². The van der Waals surface area contributed by atoms with Crippen LogP contribution >= 0.6 is 0 Å². The topological polar surface area (TPSA) is 69.9 Å². The summed E-state index contributed by atoms with van der Waals surface area (Å²) in [5.74, 6) is 0. The highest BCUT2D eigenvalue weighted by molar-refractivity contribution is 4.52. The van der Waals surface area contributed by atoms with E-state index in [0.717, 1.165) is 0 Å². The van der Waals surface area contributed by atoms with E-state index in [4.69, 9.17) is 15.3 Å². The van der Waals surface area contributed by atoms with E-state index in [0.29, 0.717) is 0 Å². The van der Waals surface area contributed by atoms with Crippen LogP contribution < -0.4 is 0 Å². The van der Waals surface area contributed by atoms with Crippen molar-refractivity contribution in [2.24, 2.45) is 0 Å². The van der Waals surface area contributed by atoms with Crippen LogP contribution in [-0.4, -0.2) is 41.4 Å². The molecule has 4 nitrogen and oxygen atoms in total. The van der Waals surface area contributed by atoms with Crippen molar-refractivity contribution in [1.82, 2.24) is 0 Å². The zero-order chi connectivity index (χ0) is 6.57. The van der Waals surface area contributed by atoms with Gasteiger partial charge in [-0.2, -0.15) is 0 Å². The second kappa shape index (κ2) is 3.80. The molecule has 0 spiro atoms. The van der Waals surface area contributed by atoms with Crippen LogP contribution in [0, 0.1) is 0 Å². The van der Waals surface area contributed by atoms with Gasteiger partial charge in [0.25, 0.3) is 0 Å². The van der Waals surface area contributed by atoms with E-state index in [9.17, 15) is 0 Å². The molecule has 0 aliphatic rings. The average molecular weight is 122 g/mol. The highest BCUT2D eigenvalue weighted by atomic mass is 16.6. The Hall–Kier alpha value is -0.160. The second-order valence-electron chi connectivity index (χ2n) is 1.38. The minimum Gasteiger partial charge on any atom is -0.393 e. The first-order valence-electron chi connectivity index (χ1n) is 2.22. The smallest absolute Gasteiger partial charge is 0.182 e. The lowest BCUT2D eigenvalue weighted by molar-refractivity contribution is -0.154. The van der Waals surface area contributed by atoms with Crippen LogP contribution in [0.15, 0.2) is 0 Å². The van der Waals surface area contributed by atoms with Gasteiger partial charge in [0.1, 0.15) is 6.10 Å². The van der Waals surface area contributed by atoms with Crippen molar-refractivity contribution >= 4 is 0 Å². The van der Waals surface area contributed by atoms with Crippen molar-refractivity contribution < 1.29 is 20.1 Å². The van der Waals surface area contributed by atoms with Crippen LogP contribution in [0.3, 0.4) is 0 Å². The Labute approximate surface area is 47.3 Å². The van der Waals surface area contributed by atoms with E-state index in [1.54, 1.807) is 0 Å². The van der Waals surface area contributed by atoms with E-state index in [2.05, 4.69) is 4.74 Å². The summed E-state index contributed by atoms with van der Waals surface area (Å²) in [5, 5.41) is 25.1. The van der Waals surface area contributed by atoms with Gasteiger partial charge < -0.3 is 20.1 Å². The summed E-state index contributed by atoms with van der Waals surface area (Å²) >= 11 is 0. The Kier molecular flexibility index (Phi) is 3.72. The predicted octanol–water partition coefficient (Wildman–Crippen LogP) is -1.70. The lowest BCUT2D eigenvalue weighted by atomic mass is 10.4. The summed E-state index contributed by atoms with van der Waals surface area (Å²) < 4.78 is 4.25. The van der Waals surface area contributed by atoms with Crippen molar-refractivity contribution in [1.29, 1.82) is 0 Å². The fraction of sp³-hybridized carbons (Fsp3) is 1.00. The predicted molar refractivity (Wildman–Crippen MR) is 26.1 cm³/mol. The molecule has 0 saturated carbocycles. The molecule has 3 N–H and O–H groups in total. The molecule has 0 radical (unpaired) electrons. The third-order valence-corrected chi connectivity index (χ3v) is 0.758. The average Bonchev–Trinajstić information content (AvgIpc) is 1.84. The zero-order valence-electron chi connectivity index (χ0n) is 4.61. The molecule has 0 aromatic rings. The SMILES string of the molecule is CO[C@@H](O)C(O)CO. The molecule has 0 saturated heterocycles. The Morgan fingerprint density at radius 3 is 2.12 bits per heavy atom. The number of methoxy groups -OCH3 is 1. The lowest BCUT2D eigenvalue weighted by Gasteiger charge is -2.12. The molecule has 50 valence electrons. The molecule has 0 rings (SSSR count). The van der Waals surface area contributed by atoms with Crippen LogP contribution in [-0.2, 0) is 4.74 Å². The molecule has 0 fully saturated rings. The first-order valence-corrected chi connectivity index (χ1v) is 2.22. The number of hydrogen-bond acceptors (Lipinski definition) is 4. The van der Waals surface area contributed by atoms with Gasteiger partial charge in [0, 0.05) is 7.11 Å². The molecule has 0 bridgehead atoms. The van der Waals surface area contributed by atoms with Gasteiger partial charge >= 0.3 is 0 Å². The van der Waals surface area contributed by atoms with Crippen molar-refractivity contribution in [3.63, 3.8) is 0 Å². The maximum Gasteiger partial charge on any atom is 0.182 e. The number of rotatable bonds is 3. The minimum atomic E-state index is -1.28. The van der Waals surface area contributed by atoms with E-state index in [-0.39, 0.29) is 0 Å². The van der Waals surface area contributed by atoms with Gasteiger partial charge in [0.15, 0.2) is 6.29 Å². The third-order valence-electron chi connectivity index (χ3n) is 0.758. The molecule has 8 heavy (non-hydrogen) atoms. The first-order chi connectivity index (χ1) is 3.72. The quantitative estimate of drug-likeness (QED) is 0.390. The Bertz CT molecular complexity index is 48.0. The van der Waals surface area contributed by atoms with Gasteiger partial charge in [0.2, 0.25) is 0 Å². The summed E-state index contributed by atoms with van der Waals surface area (Å²) in [7, 11) is 1.24. The van der Waals surface area contributed by atoms with Gasteiger partial charge in [-0.25, -0.2) is 0 Å². The van der Waals surface area contributed by atoms with Gasteiger partial charge in [-0.05, 0) is 0 Å². The summed E-state index contributed by atoms with van der Waals surface area (Å²) in [6, 6.07) is 0. The number of hydrogen-bond donors (Lipinski definition) is 3. The fourth-order valence-electron chi connectivity index (χ4n) is 0.247. The molecule has 0 aromatic carbocycles. The molecule has 1 unspecified atom stereocenters. The number of aliphatic hydroxyl groups is 3. The van der Waals surface area contributed by atoms with Gasteiger partial charge in [-0.15, -0.1) is 0 Å². The van der Waals surface area contributed by atoms with Crippen molar-refractivity contribution in [2.45, 2.75) is 12.4 Å². The number of ether oxygens (including phenoxy) is 1. The van der Waals surface area contributed by atoms with Crippen LogP contribution in [0.5, 0.6) is 0 Å². The molecule has 0 amide bonds. The van der Waals surface area contributed by atoms with E-state index >= 15 is 0 Å². The highest BCUT2D eigenvalue weighted by Gasteiger charge is 2.12. The molecule has 4 heteroatoms. The first kappa shape index (κ1) is 7.84. The maximum atomic E-state index is 8.50. The molecule has 0 heterocycles. The molecule has 0 aliphatic carbocycles. The van der Waals surface area contributed by atoms with Crippen molar-refractivity contribution in [3.05, 3.63) is 0 Å². The fourth-order valence-corrected chi connectivity index (χ4v) is 0.247. The summed E-state index contributed by atoms with van der Waals surface area (Å²) in [6.45, 7) is -0.491. The summed E-state index contributed by atoms with van der Waals surface area (Å²) in [5.41, 5.74) is 0. The van der Waals surface area contributed by atoms with Gasteiger partial charge in [0.05, 0.1) is 6.61 Å². The normalized spacial score (nSPS) is 18.0. The summed E-state index contributed by atoms with van der Waals surface area (Å²) in [6.07, 6.45) is -2.47. The third kappa shape index (κ3) is 2.23. The molecule has 0 aromatic heterocycles. The monoisotopic (exact) mass is 122 g/mol. The van der Waals surface area contributed by atoms with E-state index in [1.807, 2.05) is 0 Å².